The van der Waals surface area contributed by atoms with Gasteiger partial charge in [-0.25, -0.2) is 0 Å². The first-order valence-electron chi connectivity index (χ1n) is 8.72. The number of carbonyl (C=O) groups excluding carboxylic acids is 1. The van der Waals surface area contributed by atoms with Gasteiger partial charge in [-0.3, -0.25) is 4.90 Å². The molecule has 0 bridgehead atoms. The van der Waals surface area contributed by atoms with Crippen molar-refractivity contribution in [3.05, 3.63) is 29.3 Å². The van der Waals surface area contributed by atoms with Gasteiger partial charge in [0.2, 0.25) is 0 Å². The molecule has 0 radical (unpaired) electrons. The number of unbranched alkanes of at least 4 members (excludes halogenated alkanes) is 6. The van der Waals surface area contributed by atoms with Crippen LogP contribution in [-0.2, 0) is 17.8 Å². The molecule has 1 N–H and O–H groups in total. The number of aliphatic carboxylic acids is 1. The van der Waals surface area contributed by atoms with E-state index in [1.807, 2.05) is 12.1 Å². The van der Waals surface area contributed by atoms with Crippen LogP contribution in [0.1, 0.15) is 63.0 Å². The van der Waals surface area contributed by atoms with Gasteiger partial charge < -0.3 is 15.0 Å². The van der Waals surface area contributed by atoms with E-state index in [2.05, 4.69) is 6.92 Å². The Morgan fingerprint density at radius 3 is 2.38 bits per heavy atom. The van der Waals surface area contributed by atoms with E-state index in [1.165, 1.54) is 44.1 Å². The normalized spacial score (nSPS) is 10.6. The van der Waals surface area contributed by atoms with Gasteiger partial charge in [-0.2, -0.15) is 0 Å². The Bertz CT molecular complexity index is 480. The topological polar surface area (TPSA) is 63.6 Å². The quantitative estimate of drug-likeness (QED) is 0.417. The second kappa shape index (κ2) is 14.3. The Morgan fingerprint density at radius 1 is 1.12 bits per heavy atom. The number of aromatic hydroxyl groups is 1. The molecule has 24 heavy (non-hydrogen) atoms. The van der Waals surface area contributed by atoms with E-state index in [0.29, 0.717) is 6.54 Å². The number of hydrogen-bond acceptors (Lipinski definition) is 4. The number of nitrogens with zero attached hydrogens (tertiary/aromatic N) is 1. The molecule has 0 saturated carbocycles. The van der Waals surface area contributed by atoms with Crippen LogP contribution in [0.4, 0.5) is 0 Å². The molecule has 130 valence electrons. The second-order valence-corrected chi connectivity index (χ2v) is 6.38. The third-order valence-corrected chi connectivity index (χ3v) is 4.05. The van der Waals surface area contributed by atoms with E-state index in [1.54, 1.807) is 18.0 Å². The summed E-state index contributed by atoms with van der Waals surface area (Å²) in [6.07, 6.45) is 9.97. The Balaban J connectivity index is 0.00000529. The monoisotopic (exact) mass is 359 g/mol. The molecule has 0 saturated heterocycles. The van der Waals surface area contributed by atoms with E-state index in [4.69, 9.17) is 0 Å². The summed E-state index contributed by atoms with van der Waals surface area (Å²) in [5.74, 6) is -0.885. The van der Waals surface area contributed by atoms with Gasteiger partial charge in [0, 0.05) is 18.7 Å². The number of phenolic OH excluding ortho intramolecular Hbond substituents is 1. The molecule has 5 heteroatoms. The minimum atomic E-state index is -1.11. The first kappa shape index (κ1) is 24.1. The fraction of sp³-hybridized carbons (Fsp3) is 0.632. The van der Waals surface area contributed by atoms with Crippen LogP contribution in [0.3, 0.4) is 0 Å². The standard InChI is InChI=1S/C19H31NO3.K/c1-3-4-5-6-7-8-9-10-16-11-12-18(21)17(13-16)14-20(2)15-19(22)23;/h11-13,21H,3-10,14-15H2,1-2H3,(H,22,23);/q;+1/p-1. The predicted molar refractivity (Wildman–Crippen MR) is 91.1 cm³/mol. The Labute approximate surface area is 189 Å². The van der Waals surface area contributed by atoms with Gasteiger partial charge in [0.1, 0.15) is 5.75 Å². The van der Waals surface area contributed by atoms with Crippen molar-refractivity contribution in [2.75, 3.05) is 13.6 Å². The Morgan fingerprint density at radius 2 is 1.75 bits per heavy atom. The average Bonchev–Trinajstić information content (AvgIpc) is 2.48. The maximum Gasteiger partial charge on any atom is 1.00 e. The fourth-order valence-electron chi connectivity index (χ4n) is 2.77. The first-order chi connectivity index (χ1) is 11.0. The van der Waals surface area contributed by atoms with Crippen LogP contribution >= 0.6 is 0 Å². The summed E-state index contributed by atoms with van der Waals surface area (Å²) in [7, 11) is 1.71. The van der Waals surface area contributed by atoms with Gasteiger partial charge in [0.25, 0.3) is 0 Å². The first-order valence-corrected chi connectivity index (χ1v) is 8.72. The van der Waals surface area contributed by atoms with Gasteiger partial charge in [-0.1, -0.05) is 57.6 Å². The molecule has 0 atom stereocenters. The van der Waals surface area contributed by atoms with Crippen LogP contribution in [-0.4, -0.2) is 29.6 Å². The Hall–Kier alpha value is 0.0864. The molecule has 1 aromatic rings. The minimum Gasteiger partial charge on any atom is -0.549 e. The van der Waals surface area contributed by atoms with Crippen molar-refractivity contribution in [1.82, 2.24) is 4.90 Å². The van der Waals surface area contributed by atoms with Gasteiger partial charge in [0.05, 0.1) is 5.97 Å². The maximum atomic E-state index is 10.6. The summed E-state index contributed by atoms with van der Waals surface area (Å²) < 4.78 is 0. The van der Waals surface area contributed by atoms with E-state index in [-0.39, 0.29) is 63.7 Å². The molecule has 0 aliphatic carbocycles. The van der Waals surface area contributed by atoms with Crippen molar-refractivity contribution < 1.29 is 66.4 Å². The van der Waals surface area contributed by atoms with Crippen molar-refractivity contribution >= 4 is 5.97 Å². The number of likely N-dealkylation sites (N-methyl/N-ethyl adjacent to an activating group) is 1. The number of phenols is 1. The fourth-order valence-corrected chi connectivity index (χ4v) is 2.77. The minimum absolute atomic E-state index is 0. The molecule has 4 nitrogen and oxygen atoms in total. The third kappa shape index (κ3) is 10.8. The zero-order valence-electron chi connectivity index (χ0n) is 15.5. The molecule has 0 heterocycles. The molecule has 0 aliphatic heterocycles. The van der Waals surface area contributed by atoms with Crippen LogP contribution in [0.15, 0.2) is 18.2 Å². The van der Waals surface area contributed by atoms with Crippen LogP contribution < -0.4 is 56.5 Å². The average molecular weight is 360 g/mol. The van der Waals surface area contributed by atoms with Crippen molar-refractivity contribution in [3.63, 3.8) is 0 Å². The second-order valence-electron chi connectivity index (χ2n) is 6.38. The summed E-state index contributed by atoms with van der Waals surface area (Å²) in [6, 6.07) is 5.64. The molecule has 0 aromatic heterocycles. The number of carbonyl (C=O) groups is 1. The molecular formula is C19H30KNO3. The van der Waals surface area contributed by atoms with E-state index < -0.39 is 5.97 Å². The van der Waals surface area contributed by atoms with Gasteiger partial charge >= 0.3 is 51.4 Å². The molecule has 1 aromatic carbocycles. The zero-order valence-corrected chi connectivity index (χ0v) is 18.6. The smallest absolute Gasteiger partial charge is 0.549 e. The van der Waals surface area contributed by atoms with E-state index in [9.17, 15) is 15.0 Å². The van der Waals surface area contributed by atoms with Crippen molar-refractivity contribution in [3.8, 4) is 5.75 Å². The van der Waals surface area contributed by atoms with Gasteiger partial charge in [-0.15, -0.1) is 0 Å². The maximum absolute atomic E-state index is 10.6. The van der Waals surface area contributed by atoms with Gasteiger partial charge in [0.15, 0.2) is 0 Å². The van der Waals surface area contributed by atoms with Crippen LogP contribution in [0.2, 0.25) is 0 Å². The van der Waals surface area contributed by atoms with Crippen molar-refractivity contribution in [2.24, 2.45) is 0 Å². The van der Waals surface area contributed by atoms with Crippen molar-refractivity contribution in [1.29, 1.82) is 0 Å². The number of carboxylic acids is 1. The SMILES string of the molecule is CCCCCCCCCc1ccc(O)c(CN(C)CC(=O)[O-])c1.[K+]. The van der Waals surface area contributed by atoms with Gasteiger partial charge in [-0.05, 0) is 31.5 Å². The van der Waals surface area contributed by atoms with Crippen LogP contribution in [0.5, 0.6) is 5.75 Å². The number of benzene rings is 1. The predicted octanol–water partition coefficient (Wildman–Crippen LogP) is -0.129. The largest absolute Gasteiger partial charge is 1.00 e. The third-order valence-electron chi connectivity index (χ3n) is 4.05. The Kier molecular flexibility index (Phi) is 14.3. The molecule has 0 spiro atoms. The molecule has 0 fully saturated rings. The van der Waals surface area contributed by atoms with Crippen molar-refractivity contribution in [2.45, 2.75) is 64.8 Å². The summed E-state index contributed by atoms with van der Waals surface area (Å²) in [4.78, 5) is 12.2. The summed E-state index contributed by atoms with van der Waals surface area (Å²) in [5, 5.41) is 20.5. The van der Waals surface area contributed by atoms with Crippen LogP contribution in [0, 0.1) is 0 Å². The number of carboxylic acid groups (broad SMARTS) is 1. The number of aryl methyl sites for hydroxylation is 1. The molecule has 0 unspecified atom stereocenters. The summed E-state index contributed by atoms with van der Waals surface area (Å²) in [5.41, 5.74) is 1.97. The van der Waals surface area contributed by atoms with Crippen LogP contribution in [0.25, 0.3) is 0 Å². The summed E-state index contributed by atoms with van der Waals surface area (Å²) >= 11 is 0. The van der Waals surface area contributed by atoms with E-state index in [0.717, 1.165) is 18.4 Å². The summed E-state index contributed by atoms with van der Waals surface area (Å²) in [6.45, 7) is 2.50. The molecule has 1 rings (SSSR count). The number of rotatable bonds is 12. The molecular weight excluding hydrogens is 329 g/mol. The molecule has 0 amide bonds. The van der Waals surface area contributed by atoms with E-state index >= 15 is 0 Å². The zero-order chi connectivity index (χ0) is 17.1. The number of hydrogen-bond donors (Lipinski definition) is 1. The molecule has 0 aliphatic rings.